The van der Waals surface area contributed by atoms with Crippen LogP contribution in [0.15, 0.2) is 231 Å². The summed E-state index contributed by atoms with van der Waals surface area (Å²) in [4.78, 5) is 152. The van der Waals surface area contributed by atoms with Crippen LogP contribution in [0, 0.1) is 42.0 Å². The first kappa shape index (κ1) is 106. The highest BCUT2D eigenvalue weighted by Crippen LogP contribution is 2.44. The van der Waals surface area contributed by atoms with Gasteiger partial charge >= 0.3 is 23.9 Å². The third-order valence-corrected chi connectivity index (χ3v) is 26.1. The molecule has 0 radical (unpaired) electrons. The summed E-state index contributed by atoms with van der Waals surface area (Å²) in [5.41, 5.74) is 8.51. The molecule has 41 heteroatoms. The van der Waals surface area contributed by atoms with Gasteiger partial charge in [-0.2, -0.15) is 0 Å². The summed E-state index contributed by atoms with van der Waals surface area (Å²) in [5, 5.41) is 43.7. The Kier molecular flexibility index (Phi) is 40.6. The van der Waals surface area contributed by atoms with Crippen molar-refractivity contribution in [3.8, 4) is 0 Å². The fourth-order valence-corrected chi connectivity index (χ4v) is 18.7. The van der Waals surface area contributed by atoms with Crippen LogP contribution in [0.25, 0.3) is 17.2 Å². The number of aldehydes is 1. The standard InChI is InChI=1S/C31H36FN7O4.C22H25ClFN5O2.C21H19O2P.C9H10N2O4.C9H8N2O4.C6H4N2O3/c1-38-13-15-39(16-14-38)27(19-42-2)30(41)36-26-6-4-5-22-23(26)8-9-24(22)29-25(32)18-34-31(37-29)35-21-11-12-33-20(17-21)7-10-28(40)43-3;1-28-8-10-29(11-9-28)19(13-31-2)21(30)26-18-5-3-4-14-15(18)6-7-16(14)20-17(24)12-25-22(23)27-20;1-23-21(22)17-24(18-11-5-2-6-12-18,19-13-7-3-8-14-19)20-15-9-4-10-16-20;2*1-15-9(12)3-2-7-6-8(11(13)14)4-5-10-7;9-4-5-3-6(8(10)11)1-2-7-5/h4-6,9,11-12,17-18,27H,7-8,10,13-16,19H2,1-3H3,(H,36,41)(H,33,34,35,37);3-5,7,12,19H,6,8-11,13H2,1-2H3,(H,26,30);2-17H,1H3;4-6H,2-3H2,1H3;2-6H,1H3;1-4H/b;;;;3-2+;/t27-;19-;;;;/m11..../s1. The van der Waals surface area contributed by atoms with E-state index in [9.17, 15) is 68.3 Å². The molecule has 2 aliphatic heterocycles. The molecule has 6 aromatic heterocycles. The maximum atomic E-state index is 15.1. The van der Waals surface area contributed by atoms with E-state index in [0.717, 1.165) is 115 Å². The minimum absolute atomic E-state index is 0.00945. The molecule has 3 N–H and O–H groups in total. The second-order valence-electron chi connectivity index (χ2n) is 31.0. The Morgan fingerprint density at radius 1 is 0.489 bits per heavy atom. The predicted molar refractivity (Wildman–Crippen MR) is 521 cm³/mol. The Morgan fingerprint density at radius 2 is 0.906 bits per heavy atom. The van der Waals surface area contributed by atoms with E-state index in [1.807, 2.05) is 103 Å². The van der Waals surface area contributed by atoms with Crippen LogP contribution in [-0.2, 0) is 82.9 Å². The molecular formula is C98H102ClF2N18O19P. The number of likely N-dealkylation sites (N-methyl/N-ethyl adjacent to an activating group) is 2. The molecular weight excluding hydrogens is 1840 g/mol. The number of allylic oxidation sites excluding steroid dienone is 2. The lowest BCUT2D eigenvalue weighted by atomic mass is 10.0. The van der Waals surface area contributed by atoms with E-state index in [1.165, 1.54) is 83.4 Å². The van der Waals surface area contributed by atoms with E-state index in [2.05, 4.69) is 135 Å². The SMILES string of the molecule is COC(=O)/C=C/c1cc([N+](=O)[O-])ccn1.COC(=O)C=P(c1ccccc1)(c1ccccc1)c1ccccc1.COC(=O)CCc1cc([N+](=O)[O-])ccn1.COC[C@H](C(=O)Nc1cccc2c1CC=C2c1nc(Cl)ncc1F)N1CCN(C)CC1.COC[C@H](C(=O)Nc1cccc2c1CC=C2c1nc(Nc2ccnc(CCC(=O)OC)c2)ncc1F)N1CCN(C)CC1.O=Cc1cc([N+](=O)[O-])ccn1. The number of amides is 2. The van der Waals surface area contributed by atoms with Crippen LogP contribution in [0.5, 0.6) is 0 Å². The second-order valence-corrected chi connectivity index (χ2v) is 34.5. The number of rotatable bonds is 30. The average Bonchev–Trinajstić information content (AvgIpc) is 1.58. The van der Waals surface area contributed by atoms with E-state index in [-0.39, 0.29) is 94.0 Å². The van der Waals surface area contributed by atoms with Gasteiger partial charge < -0.3 is 54.2 Å². The van der Waals surface area contributed by atoms with E-state index < -0.39 is 45.3 Å². The first-order valence-electron chi connectivity index (χ1n) is 43.3. The van der Waals surface area contributed by atoms with Gasteiger partial charge in [0.15, 0.2) is 17.9 Å². The number of ether oxygens (including phenoxy) is 6. The zero-order valence-electron chi connectivity index (χ0n) is 77.2. The number of aryl methyl sites for hydroxylation is 2. The summed E-state index contributed by atoms with van der Waals surface area (Å²) in [5.74, 6) is -0.852. The van der Waals surface area contributed by atoms with Crippen molar-refractivity contribution in [1.82, 2.24) is 59.5 Å². The van der Waals surface area contributed by atoms with E-state index in [1.54, 1.807) is 38.3 Å². The maximum Gasteiger partial charge on any atom is 0.331 e. The molecule has 139 heavy (non-hydrogen) atoms. The molecule has 11 aromatic rings. The van der Waals surface area contributed by atoms with Crippen molar-refractivity contribution in [2.24, 2.45) is 0 Å². The monoisotopic (exact) mass is 1940 g/mol. The minimum Gasteiger partial charge on any atom is -0.469 e. The van der Waals surface area contributed by atoms with Crippen LogP contribution < -0.4 is 31.9 Å². The lowest BCUT2D eigenvalue weighted by molar-refractivity contribution is -0.385. The zero-order chi connectivity index (χ0) is 99.9. The Labute approximate surface area is 804 Å². The number of hydrogen-bond donors (Lipinski definition) is 3. The lowest BCUT2D eigenvalue weighted by Crippen LogP contribution is -2.54. The first-order valence-corrected chi connectivity index (χ1v) is 45.5. The molecule has 2 atom stereocenters. The number of fused-ring (bicyclic) bond motifs is 2. The summed E-state index contributed by atoms with van der Waals surface area (Å²) in [6, 6.07) is 52.1. The highest BCUT2D eigenvalue weighted by atomic mass is 35.5. The molecule has 0 saturated carbocycles. The molecule has 2 amide bonds. The summed E-state index contributed by atoms with van der Waals surface area (Å²) in [6.45, 7) is 5.18. The van der Waals surface area contributed by atoms with Gasteiger partial charge in [-0.05, 0) is 114 Å². The number of carbonyl (C=O) groups is 7. The predicted octanol–water partition coefficient (Wildman–Crippen LogP) is 11.5. The van der Waals surface area contributed by atoms with Gasteiger partial charge in [-0.15, -0.1) is 0 Å². The molecule has 2 aliphatic carbocycles. The van der Waals surface area contributed by atoms with Crippen molar-refractivity contribution in [2.45, 2.75) is 50.6 Å². The van der Waals surface area contributed by atoms with Crippen molar-refractivity contribution < 1.29 is 85.5 Å². The normalized spacial score (nSPS) is 13.6. The van der Waals surface area contributed by atoms with Crippen LogP contribution in [0.3, 0.4) is 0 Å². The highest BCUT2D eigenvalue weighted by Gasteiger charge is 2.34. The summed E-state index contributed by atoms with van der Waals surface area (Å²) in [7, 11) is 12.7. The van der Waals surface area contributed by atoms with Crippen molar-refractivity contribution in [3.63, 3.8) is 0 Å². The number of anilines is 4. The van der Waals surface area contributed by atoms with Crippen LogP contribution in [0.4, 0.5) is 48.9 Å². The van der Waals surface area contributed by atoms with Crippen molar-refractivity contribution in [3.05, 3.63) is 335 Å². The Hall–Kier alpha value is -15.2. The number of hydrogen-bond acceptors (Lipinski definition) is 32. The Morgan fingerprint density at radius 3 is 1.35 bits per heavy atom. The minimum atomic E-state index is -2.23. The van der Waals surface area contributed by atoms with Crippen molar-refractivity contribution in [2.75, 3.05) is 138 Å². The Bertz CT molecular complexity index is 6200. The largest absolute Gasteiger partial charge is 0.469 e. The molecule has 4 aliphatic rings. The molecule has 2 fully saturated rings. The van der Waals surface area contributed by atoms with Crippen molar-refractivity contribution in [1.29, 1.82) is 0 Å². The molecule has 0 spiro atoms. The molecule has 37 nitrogen and oxygen atoms in total. The van der Waals surface area contributed by atoms with Gasteiger partial charge in [0.05, 0.1) is 87.4 Å². The maximum absolute atomic E-state index is 15.1. The number of piperazine rings is 2. The molecule has 0 bridgehead atoms. The van der Waals surface area contributed by atoms with Crippen LogP contribution in [0.1, 0.15) is 74.1 Å². The van der Waals surface area contributed by atoms with Crippen LogP contribution >= 0.6 is 18.5 Å². The average molecular weight is 1940 g/mol. The molecule has 15 rings (SSSR count). The van der Waals surface area contributed by atoms with Gasteiger partial charge in [-0.1, -0.05) is 127 Å². The molecule has 5 aromatic carbocycles. The van der Waals surface area contributed by atoms with Gasteiger partial charge in [0.1, 0.15) is 29.2 Å². The number of carbonyl (C=O) groups excluding carboxylic acids is 7. The topological polar surface area (TPSA) is 456 Å². The number of nitrogens with zero attached hydrogens (tertiary/aromatic N) is 15. The van der Waals surface area contributed by atoms with E-state index in [0.29, 0.717) is 90.5 Å². The molecule has 8 heterocycles. The lowest BCUT2D eigenvalue weighted by Gasteiger charge is -2.36. The number of halogens is 3. The third kappa shape index (κ3) is 30.4. The van der Waals surface area contributed by atoms with E-state index >= 15 is 4.39 Å². The van der Waals surface area contributed by atoms with Gasteiger partial charge in [0.25, 0.3) is 17.1 Å². The van der Waals surface area contributed by atoms with Crippen LogP contribution in [0.2, 0.25) is 5.28 Å². The quantitative estimate of drug-likeness (QED) is 0.00550. The van der Waals surface area contributed by atoms with Gasteiger partial charge in [0.2, 0.25) is 23.0 Å². The second kappa shape index (κ2) is 53.3. The number of nitro groups is 3. The van der Waals surface area contributed by atoms with Crippen molar-refractivity contribution >= 4 is 139 Å². The molecule has 724 valence electrons. The van der Waals surface area contributed by atoms with Crippen LogP contribution in [-0.4, -0.2) is 256 Å². The number of benzene rings is 5. The van der Waals surface area contributed by atoms with E-state index in [4.69, 9.17) is 30.5 Å². The number of nitrogens with one attached hydrogen (secondary N) is 3. The molecule has 0 unspecified atom stereocenters. The Balaban J connectivity index is 0.000000183. The smallest absolute Gasteiger partial charge is 0.331 e. The fraction of sp³-hybridized carbons (Fsp3) is 0.265. The van der Waals surface area contributed by atoms with Gasteiger partial charge in [-0.3, -0.25) is 84.1 Å². The number of aromatic nitrogens is 8. The van der Waals surface area contributed by atoms with Gasteiger partial charge in [-0.25, -0.2) is 38.3 Å². The van der Waals surface area contributed by atoms with Gasteiger partial charge in [0, 0.05) is 192 Å². The number of esters is 4. The molecule has 2 saturated heterocycles. The number of pyridine rings is 4. The zero-order valence-corrected chi connectivity index (χ0v) is 78.8. The summed E-state index contributed by atoms with van der Waals surface area (Å²) < 4.78 is 58.7. The highest BCUT2D eigenvalue weighted by molar-refractivity contribution is 7.95. The fourth-order valence-electron chi connectivity index (χ4n) is 14.8. The first-order chi connectivity index (χ1) is 67.1. The number of methoxy groups -OCH3 is 6. The summed E-state index contributed by atoms with van der Waals surface area (Å²) in [6.07, 6.45) is 16.7. The third-order valence-electron chi connectivity index (χ3n) is 22.0. The summed E-state index contributed by atoms with van der Waals surface area (Å²) >= 11 is 5.88.